The Hall–Kier alpha value is -0.380. The van der Waals surface area contributed by atoms with Gasteiger partial charge in [0, 0.05) is 6.20 Å². The van der Waals surface area contributed by atoms with Crippen molar-refractivity contribution in [3.63, 3.8) is 0 Å². The molecule has 0 N–H and O–H groups in total. The molecule has 5 heteroatoms. The molecular formula is C6H6Cl2N2S. The summed E-state index contributed by atoms with van der Waals surface area (Å²) in [7, 11) is 0. The molecule has 2 aromatic rings. The van der Waals surface area contributed by atoms with Crippen molar-refractivity contribution in [1.82, 2.24) is 9.97 Å². The fourth-order valence-electron chi connectivity index (χ4n) is 0.704. The summed E-state index contributed by atoms with van der Waals surface area (Å²) in [5.41, 5.74) is 2.65. The molecule has 0 aliphatic carbocycles. The number of halogens is 2. The van der Waals surface area contributed by atoms with Crippen molar-refractivity contribution >= 4 is 46.5 Å². The molecule has 0 radical (unpaired) electrons. The number of hydrogen-bond acceptors (Lipinski definition) is 3. The van der Waals surface area contributed by atoms with E-state index in [-0.39, 0.29) is 24.8 Å². The Bertz CT molecular complexity index is 293. The summed E-state index contributed by atoms with van der Waals surface area (Å²) in [4.78, 5) is 8.07. The molecule has 0 bridgehead atoms. The lowest BCUT2D eigenvalue weighted by molar-refractivity contribution is 1.33. The molecule has 0 aliphatic rings. The summed E-state index contributed by atoms with van der Waals surface area (Å²) >= 11 is 1.61. The molecule has 0 fully saturated rings. The zero-order chi connectivity index (χ0) is 6.10. The average Bonchev–Trinajstić information content (AvgIpc) is 2.33. The lowest BCUT2D eigenvalue weighted by Crippen LogP contribution is -1.70. The Kier molecular flexibility index (Phi) is 4.33. The molecule has 0 amide bonds. The first-order valence-electron chi connectivity index (χ1n) is 2.61. The number of hydrogen-bond donors (Lipinski definition) is 0. The molecular weight excluding hydrogens is 203 g/mol. The van der Waals surface area contributed by atoms with Crippen LogP contribution in [0.4, 0.5) is 0 Å². The van der Waals surface area contributed by atoms with Gasteiger partial charge in [-0.1, -0.05) is 0 Å². The van der Waals surface area contributed by atoms with Crippen molar-refractivity contribution in [3.8, 4) is 0 Å². The fraction of sp³-hybridized carbons (Fsp3) is 0. The van der Waals surface area contributed by atoms with Crippen molar-refractivity contribution in [2.45, 2.75) is 0 Å². The van der Waals surface area contributed by atoms with E-state index in [1.807, 2.05) is 12.1 Å². The zero-order valence-corrected chi connectivity index (χ0v) is 7.88. The van der Waals surface area contributed by atoms with Crippen LogP contribution in [-0.2, 0) is 0 Å². The third-order valence-corrected chi connectivity index (χ3v) is 1.89. The molecule has 2 heterocycles. The van der Waals surface area contributed by atoms with Gasteiger partial charge in [-0.05, 0) is 12.1 Å². The third-order valence-electron chi connectivity index (χ3n) is 1.11. The van der Waals surface area contributed by atoms with Gasteiger partial charge in [-0.25, -0.2) is 9.97 Å². The van der Waals surface area contributed by atoms with E-state index in [2.05, 4.69) is 9.97 Å². The predicted molar refractivity (Wildman–Crippen MR) is 51.9 cm³/mol. The highest BCUT2D eigenvalue weighted by atomic mass is 35.5. The van der Waals surface area contributed by atoms with Crippen LogP contribution in [0.1, 0.15) is 0 Å². The minimum absolute atomic E-state index is 0. The van der Waals surface area contributed by atoms with Crippen LogP contribution in [0.5, 0.6) is 0 Å². The molecule has 0 unspecified atom stereocenters. The van der Waals surface area contributed by atoms with E-state index >= 15 is 0 Å². The first-order valence-corrected chi connectivity index (χ1v) is 3.49. The van der Waals surface area contributed by atoms with Gasteiger partial charge >= 0.3 is 0 Å². The van der Waals surface area contributed by atoms with Crippen molar-refractivity contribution in [1.29, 1.82) is 0 Å². The summed E-state index contributed by atoms with van der Waals surface area (Å²) < 4.78 is 1.15. The van der Waals surface area contributed by atoms with E-state index in [1.54, 1.807) is 23.0 Å². The van der Waals surface area contributed by atoms with Gasteiger partial charge in [0.15, 0.2) is 5.65 Å². The molecule has 0 atom stereocenters. The number of aromatic nitrogens is 2. The largest absolute Gasteiger partial charge is 0.236 e. The topological polar surface area (TPSA) is 25.8 Å². The quantitative estimate of drug-likeness (QED) is 0.666. The number of pyridine rings is 1. The second-order valence-electron chi connectivity index (χ2n) is 1.68. The fourth-order valence-corrected chi connectivity index (χ4v) is 1.34. The van der Waals surface area contributed by atoms with Crippen LogP contribution >= 0.6 is 36.2 Å². The van der Waals surface area contributed by atoms with Crippen LogP contribution in [0.15, 0.2) is 23.8 Å². The number of fused-ring (bicyclic) bond motifs is 1. The Morgan fingerprint density at radius 2 is 2.00 bits per heavy atom. The van der Waals surface area contributed by atoms with Crippen molar-refractivity contribution < 1.29 is 0 Å². The molecule has 2 rings (SSSR count). The lowest BCUT2D eigenvalue weighted by atomic mass is 10.5. The Labute approximate surface area is 80.5 Å². The van der Waals surface area contributed by atoms with Crippen molar-refractivity contribution in [3.05, 3.63) is 23.8 Å². The molecule has 0 spiro atoms. The normalized spacial score (nSPS) is 8.36. The second kappa shape index (κ2) is 4.49. The summed E-state index contributed by atoms with van der Waals surface area (Å²) in [6.45, 7) is 0. The molecule has 2 aromatic heterocycles. The van der Waals surface area contributed by atoms with Gasteiger partial charge in [-0.15, -0.1) is 36.2 Å². The standard InChI is InChI=1S/C6H4N2S.2ClH/c1-2-5-6(7-3-1)8-4-9-5;;/h1-4H;2*1H. The SMILES string of the molecule is Cl.Cl.c1cnc2ncsc2c1. The summed E-state index contributed by atoms with van der Waals surface area (Å²) in [5.74, 6) is 0. The minimum atomic E-state index is 0. The average molecular weight is 209 g/mol. The van der Waals surface area contributed by atoms with Gasteiger partial charge in [0.25, 0.3) is 0 Å². The Balaban J connectivity index is 0.000000500. The van der Waals surface area contributed by atoms with Gasteiger partial charge in [0.2, 0.25) is 0 Å². The summed E-state index contributed by atoms with van der Waals surface area (Å²) in [5, 5.41) is 0. The first kappa shape index (κ1) is 10.6. The van der Waals surface area contributed by atoms with Crippen LogP contribution in [-0.4, -0.2) is 9.97 Å². The van der Waals surface area contributed by atoms with E-state index in [0.717, 1.165) is 10.3 Å². The molecule has 60 valence electrons. The number of thiazole rings is 1. The van der Waals surface area contributed by atoms with Gasteiger partial charge in [0.05, 0.1) is 10.2 Å². The predicted octanol–water partition coefficient (Wildman–Crippen LogP) is 2.53. The zero-order valence-electron chi connectivity index (χ0n) is 5.43. The van der Waals surface area contributed by atoms with Gasteiger partial charge in [0.1, 0.15) is 0 Å². The van der Waals surface area contributed by atoms with Crippen LogP contribution < -0.4 is 0 Å². The maximum atomic E-state index is 4.04. The minimum Gasteiger partial charge on any atom is -0.236 e. The maximum Gasteiger partial charge on any atom is 0.170 e. The monoisotopic (exact) mass is 208 g/mol. The maximum absolute atomic E-state index is 4.04. The van der Waals surface area contributed by atoms with Crippen LogP contribution in [0, 0.1) is 0 Å². The highest BCUT2D eigenvalue weighted by molar-refractivity contribution is 7.16. The van der Waals surface area contributed by atoms with Crippen molar-refractivity contribution in [2.75, 3.05) is 0 Å². The first-order chi connectivity index (χ1) is 4.47. The van der Waals surface area contributed by atoms with Gasteiger partial charge in [-0.2, -0.15) is 0 Å². The summed E-state index contributed by atoms with van der Waals surface area (Å²) in [6, 6.07) is 3.93. The van der Waals surface area contributed by atoms with E-state index < -0.39 is 0 Å². The van der Waals surface area contributed by atoms with Gasteiger partial charge < -0.3 is 0 Å². The van der Waals surface area contributed by atoms with Crippen LogP contribution in [0.3, 0.4) is 0 Å². The van der Waals surface area contributed by atoms with E-state index in [1.165, 1.54) is 0 Å². The summed E-state index contributed by atoms with van der Waals surface area (Å²) in [6.07, 6.45) is 1.75. The van der Waals surface area contributed by atoms with Crippen molar-refractivity contribution in [2.24, 2.45) is 0 Å². The number of rotatable bonds is 0. The highest BCUT2D eigenvalue weighted by Gasteiger charge is 1.91. The molecule has 0 saturated carbocycles. The Morgan fingerprint density at radius 3 is 2.73 bits per heavy atom. The lowest BCUT2D eigenvalue weighted by Gasteiger charge is -1.79. The molecule has 0 saturated heterocycles. The third kappa shape index (κ3) is 2.02. The molecule has 0 aliphatic heterocycles. The number of nitrogens with zero attached hydrogens (tertiary/aromatic N) is 2. The second-order valence-corrected chi connectivity index (χ2v) is 2.56. The smallest absolute Gasteiger partial charge is 0.170 e. The molecule has 0 aromatic carbocycles. The van der Waals surface area contributed by atoms with E-state index in [4.69, 9.17) is 0 Å². The molecule has 11 heavy (non-hydrogen) atoms. The van der Waals surface area contributed by atoms with Crippen LogP contribution in [0.25, 0.3) is 10.3 Å². The Morgan fingerprint density at radius 1 is 1.18 bits per heavy atom. The highest BCUT2D eigenvalue weighted by Crippen LogP contribution is 2.12. The van der Waals surface area contributed by atoms with E-state index in [0.29, 0.717) is 0 Å². The molecule has 2 nitrogen and oxygen atoms in total. The van der Waals surface area contributed by atoms with E-state index in [9.17, 15) is 0 Å². The van der Waals surface area contributed by atoms with Gasteiger partial charge in [-0.3, -0.25) is 0 Å². The van der Waals surface area contributed by atoms with Crippen LogP contribution in [0.2, 0.25) is 0 Å².